The summed E-state index contributed by atoms with van der Waals surface area (Å²) in [6.45, 7) is 2.79. The maximum absolute atomic E-state index is 13.0. The van der Waals surface area contributed by atoms with Crippen LogP contribution in [0.1, 0.15) is 35.9 Å². The van der Waals surface area contributed by atoms with Crippen LogP contribution in [0.15, 0.2) is 29.2 Å². The number of hydrogen-bond donors (Lipinski definition) is 1. The molecular formula is C17H20ClN3O3S. The molecule has 1 saturated carbocycles. The van der Waals surface area contributed by atoms with E-state index in [1.165, 1.54) is 4.31 Å². The predicted molar refractivity (Wildman–Crippen MR) is 93.7 cm³/mol. The van der Waals surface area contributed by atoms with Crippen molar-refractivity contribution in [3.8, 4) is 0 Å². The molecule has 134 valence electrons. The molecule has 1 unspecified atom stereocenters. The number of halogens is 1. The molecule has 25 heavy (non-hydrogen) atoms. The van der Waals surface area contributed by atoms with Gasteiger partial charge in [0, 0.05) is 11.6 Å². The van der Waals surface area contributed by atoms with Crippen LogP contribution in [0.5, 0.6) is 0 Å². The molecule has 1 atom stereocenters. The van der Waals surface area contributed by atoms with Crippen molar-refractivity contribution < 1.29 is 13.5 Å². The van der Waals surface area contributed by atoms with Crippen LogP contribution in [-0.4, -0.2) is 34.2 Å². The standard InChI is InChI=1S/C17H20ClN3O3S/c1-11-14(18)3-2-4-16(11)25(23,24)20-7-8-21-13(10-20)9-15(19-21)17(22)12-5-6-12/h2-4,9,12,17,22H,5-8,10H2,1H3. The number of hydrogen-bond acceptors (Lipinski definition) is 4. The largest absolute Gasteiger partial charge is 0.386 e. The highest BCUT2D eigenvalue weighted by molar-refractivity contribution is 7.89. The first-order valence-corrected chi connectivity index (χ1v) is 10.2. The maximum atomic E-state index is 13.0. The highest BCUT2D eigenvalue weighted by Crippen LogP contribution is 2.40. The summed E-state index contributed by atoms with van der Waals surface area (Å²) < 4.78 is 29.3. The number of nitrogens with zero attached hydrogens (tertiary/aromatic N) is 3. The minimum absolute atomic E-state index is 0.242. The second-order valence-corrected chi connectivity index (χ2v) is 9.08. The van der Waals surface area contributed by atoms with E-state index in [2.05, 4.69) is 5.10 Å². The van der Waals surface area contributed by atoms with E-state index in [4.69, 9.17) is 11.6 Å². The van der Waals surface area contributed by atoms with Gasteiger partial charge in [-0.1, -0.05) is 17.7 Å². The summed E-state index contributed by atoms with van der Waals surface area (Å²) in [6.07, 6.45) is 1.51. The van der Waals surface area contributed by atoms with Crippen LogP contribution < -0.4 is 0 Å². The van der Waals surface area contributed by atoms with Gasteiger partial charge in [-0.2, -0.15) is 9.40 Å². The Kier molecular flexibility index (Phi) is 4.15. The Morgan fingerprint density at radius 1 is 1.32 bits per heavy atom. The summed E-state index contributed by atoms with van der Waals surface area (Å²) in [5.74, 6) is 0.297. The summed E-state index contributed by atoms with van der Waals surface area (Å²) in [6, 6.07) is 6.76. The van der Waals surface area contributed by atoms with Gasteiger partial charge in [-0.15, -0.1) is 0 Å². The molecule has 0 saturated heterocycles. The smallest absolute Gasteiger partial charge is 0.243 e. The number of benzene rings is 1. The molecule has 2 aromatic rings. The molecule has 1 fully saturated rings. The lowest BCUT2D eigenvalue weighted by Gasteiger charge is -2.27. The Bertz CT molecular complexity index is 921. The average molecular weight is 382 g/mol. The van der Waals surface area contributed by atoms with Gasteiger partial charge in [0.2, 0.25) is 10.0 Å². The Morgan fingerprint density at radius 2 is 2.08 bits per heavy atom. The SMILES string of the molecule is Cc1c(Cl)cccc1S(=O)(=O)N1CCn2nc(C(O)C3CC3)cc2C1. The number of aromatic nitrogens is 2. The van der Waals surface area contributed by atoms with Crippen LogP contribution in [0.4, 0.5) is 0 Å². The molecular weight excluding hydrogens is 362 g/mol. The predicted octanol–water partition coefficient (Wildman–Crippen LogP) is 2.49. The van der Waals surface area contributed by atoms with Crippen molar-refractivity contribution in [2.24, 2.45) is 5.92 Å². The molecule has 1 aliphatic carbocycles. The molecule has 1 aromatic heterocycles. The zero-order valence-electron chi connectivity index (χ0n) is 13.9. The highest BCUT2D eigenvalue weighted by Gasteiger charge is 2.35. The van der Waals surface area contributed by atoms with Crippen LogP contribution in [-0.2, 0) is 23.1 Å². The van der Waals surface area contributed by atoms with E-state index in [-0.39, 0.29) is 11.4 Å². The van der Waals surface area contributed by atoms with E-state index >= 15 is 0 Å². The minimum Gasteiger partial charge on any atom is -0.386 e. The van der Waals surface area contributed by atoms with Gasteiger partial charge >= 0.3 is 0 Å². The normalized spacial score (nSPS) is 19.6. The Balaban J connectivity index is 1.62. The molecule has 1 aromatic carbocycles. The van der Waals surface area contributed by atoms with E-state index in [0.29, 0.717) is 35.3 Å². The zero-order chi connectivity index (χ0) is 17.8. The number of fused-ring (bicyclic) bond motifs is 1. The molecule has 1 N–H and O–H groups in total. The van der Waals surface area contributed by atoms with Crippen LogP contribution >= 0.6 is 11.6 Å². The maximum Gasteiger partial charge on any atom is 0.243 e. The third-order valence-electron chi connectivity index (χ3n) is 4.99. The van der Waals surface area contributed by atoms with Crippen LogP contribution in [0.2, 0.25) is 5.02 Å². The fraction of sp³-hybridized carbons (Fsp3) is 0.471. The molecule has 6 nitrogen and oxygen atoms in total. The molecule has 8 heteroatoms. The van der Waals surface area contributed by atoms with Gasteiger partial charge in [0.1, 0.15) is 6.10 Å². The molecule has 0 bridgehead atoms. The lowest BCUT2D eigenvalue weighted by Crippen LogP contribution is -2.38. The monoisotopic (exact) mass is 381 g/mol. The number of sulfonamides is 1. The van der Waals surface area contributed by atoms with Crippen molar-refractivity contribution in [3.05, 3.63) is 46.2 Å². The number of rotatable bonds is 4. The molecule has 2 aliphatic rings. The molecule has 0 spiro atoms. The fourth-order valence-electron chi connectivity index (χ4n) is 3.27. The van der Waals surface area contributed by atoms with Gasteiger partial charge in [-0.25, -0.2) is 8.42 Å². The first-order chi connectivity index (χ1) is 11.9. The van der Waals surface area contributed by atoms with Crippen molar-refractivity contribution in [2.45, 2.75) is 43.9 Å². The Labute approximate surface area is 152 Å². The third-order valence-corrected chi connectivity index (χ3v) is 7.39. The minimum atomic E-state index is -3.63. The van der Waals surface area contributed by atoms with Crippen molar-refractivity contribution in [3.63, 3.8) is 0 Å². The molecule has 1 aliphatic heterocycles. The molecule has 0 amide bonds. The van der Waals surface area contributed by atoms with Crippen molar-refractivity contribution in [1.29, 1.82) is 0 Å². The van der Waals surface area contributed by atoms with Gasteiger partial charge in [0.05, 0.1) is 29.4 Å². The third kappa shape index (κ3) is 2.99. The van der Waals surface area contributed by atoms with E-state index in [9.17, 15) is 13.5 Å². The van der Waals surface area contributed by atoms with E-state index in [1.54, 1.807) is 29.8 Å². The first-order valence-electron chi connectivity index (χ1n) is 8.38. The number of aliphatic hydroxyl groups excluding tert-OH is 1. The fourth-order valence-corrected chi connectivity index (χ4v) is 5.15. The van der Waals surface area contributed by atoms with Gasteiger partial charge in [-0.3, -0.25) is 4.68 Å². The van der Waals surface area contributed by atoms with Crippen LogP contribution in [0, 0.1) is 12.8 Å². The topological polar surface area (TPSA) is 75.4 Å². The first kappa shape index (κ1) is 17.0. The van der Waals surface area contributed by atoms with Gasteiger partial charge in [0.25, 0.3) is 0 Å². The van der Waals surface area contributed by atoms with E-state index < -0.39 is 16.1 Å². The number of aliphatic hydroxyl groups is 1. The van der Waals surface area contributed by atoms with Crippen molar-refractivity contribution in [1.82, 2.24) is 14.1 Å². The second kappa shape index (κ2) is 6.09. The Morgan fingerprint density at radius 3 is 2.80 bits per heavy atom. The van der Waals surface area contributed by atoms with Crippen molar-refractivity contribution in [2.75, 3.05) is 6.54 Å². The summed E-state index contributed by atoms with van der Waals surface area (Å²) in [5.41, 5.74) is 2.02. The van der Waals surface area contributed by atoms with Crippen LogP contribution in [0.25, 0.3) is 0 Å². The Hall–Kier alpha value is -1.41. The molecule has 0 radical (unpaired) electrons. The van der Waals surface area contributed by atoms with Gasteiger partial charge in [-0.05, 0) is 49.4 Å². The molecule has 2 heterocycles. The quantitative estimate of drug-likeness (QED) is 0.882. The zero-order valence-corrected chi connectivity index (χ0v) is 15.5. The molecule has 4 rings (SSSR count). The van der Waals surface area contributed by atoms with Crippen LogP contribution in [0.3, 0.4) is 0 Å². The summed E-state index contributed by atoms with van der Waals surface area (Å²) >= 11 is 6.09. The average Bonchev–Trinajstić information content (AvgIpc) is 3.34. The lowest BCUT2D eigenvalue weighted by molar-refractivity contribution is 0.148. The van der Waals surface area contributed by atoms with E-state index in [1.807, 2.05) is 6.07 Å². The van der Waals surface area contributed by atoms with E-state index in [0.717, 1.165) is 18.5 Å². The van der Waals surface area contributed by atoms with Crippen molar-refractivity contribution >= 4 is 21.6 Å². The van der Waals surface area contributed by atoms with Gasteiger partial charge < -0.3 is 5.11 Å². The summed E-state index contributed by atoms with van der Waals surface area (Å²) in [4.78, 5) is 0.242. The van der Waals surface area contributed by atoms with Gasteiger partial charge in [0.15, 0.2) is 0 Å². The second-order valence-electron chi connectivity index (χ2n) is 6.77. The summed E-state index contributed by atoms with van der Waals surface area (Å²) in [7, 11) is -3.63. The summed E-state index contributed by atoms with van der Waals surface area (Å²) in [5, 5.41) is 15.2. The lowest BCUT2D eigenvalue weighted by atomic mass is 10.1. The highest BCUT2D eigenvalue weighted by atomic mass is 35.5.